The summed E-state index contributed by atoms with van der Waals surface area (Å²) in [5.41, 5.74) is 2.84. The Morgan fingerprint density at radius 1 is 0.882 bits per heavy atom. The topological polar surface area (TPSA) is 0 Å². The third-order valence-electron chi connectivity index (χ3n) is 2.89. The van der Waals surface area contributed by atoms with Gasteiger partial charge in [0.25, 0.3) is 0 Å². The second kappa shape index (κ2) is 6.20. The Bertz CT molecular complexity index is 445. The van der Waals surface area contributed by atoms with Crippen molar-refractivity contribution in [3.05, 3.63) is 69.3 Å². The summed E-state index contributed by atoms with van der Waals surface area (Å²) in [6.07, 6.45) is 1.23. The first-order valence-electron chi connectivity index (χ1n) is 5.92. The van der Waals surface area contributed by atoms with E-state index in [0.717, 1.165) is 0 Å². The number of halogens is 1. The molecule has 0 aromatic heterocycles. The maximum atomic E-state index is 2.47. The molecule has 0 aliphatic rings. The van der Waals surface area contributed by atoms with Crippen molar-refractivity contribution in [1.82, 2.24) is 0 Å². The van der Waals surface area contributed by atoms with Crippen LogP contribution in [0.1, 0.15) is 11.1 Å². The molecule has 0 N–H and O–H groups in total. The molecule has 2 aromatic rings. The quantitative estimate of drug-likeness (QED) is 0.567. The van der Waals surface area contributed by atoms with Gasteiger partial charge in [0.1, 0.15) is 0 Å². The summed E-state index contributed by atoms with van der Waals surface area (Å²) in [7, 11) is 0. The molecular formula is C16H19I. The van der Waals surface area contributed by atoms with Crippen LogP contribution in [0.4, 0.5) is 0 Å². The van der Waals surface area contributed by atoms with Gasteiger partial charge in [0.15, 0.2) is 0 Å². The third kappa shape index (κ3) is 3.84. The first-order chi connectivity index (χ1) is 8.25. The fraction of sp³-hybridized carbons (Fsp3) is 0.250. The van der Waals surface area contributed by atoms with Gasteiger partial charge < -0.3 is 0 Å². The number of benzene rings is 2. The standard InChI is InChI=1S/C16H19I/c1-14-8-10-16(11-9-14)17(2)13-12-15-6-4-3-5-7-15/h3-11H,12-13H2,1-2H3. The van der Waals surface area contributed by atoms with Crippen molar-refractivity contribution in [2.24, 2.45) is 0 Å². The van der Waals surface area contributed by atoms with Crippen molar-refractivity contribution >= 4 is 19.8 Å². The SMILES string of the molecule is Cc1ccc(I(C)CCc2ccccc2)cc1. The molecule has 0 fully saturated rings. The molecule has 0 amide bonds. The molecule has 90 valence electrons. The van der Waals surface area contributed by atoms with Crippen LogP contribution in [0.5, 0.6) is 0 Å². The summed E-state index contributed by atoms with van der Waals surface area (Å²) in [5, 5.41) is 0. The predicted octanol–water partition coefficient (Wildman–Crippen LogP) is 4.54. The van der Waals surface area contributed by atoms with Gasteiger partial charge in [0.2, 0.25) is 0 Å². The molecule has 0 spiro atoms. The third-order valence-corrected chi connectivity index (χ3v) is 7.90. The maximum absolute atomic E-state index is 2.47. The summed E-state index contributed by atoms with van der Waals surface area (Å²) < 4.78 is 2.98. The van der Waals surface area contributed by atoms with Crippen LogP contribution in [0.15, 0.2) is 54.6 Å². The Kier molecular flexibility index (Phi) is 4.60. The Morgan fingerprint density at radius 2 is 1.53 bits per heavy atom. The summed E-state index contributed by atoms with van der Waals surface area (Å²) in [6, 6.07) is 20.0. The number of rotatable bonds is 4. The molecule has 17 heavy (non-hydrogen) atoms. The number of alkyl halides is 2. The average molecular weight is 338 g/mol. The van der Waals surface area contributed by atoms with Gasteiger partial charge in [-0.25, -0.2) is 0 Å². The molecule has 1 heteroatoms. The molecule has 0 saturated heterocycles. The van der Waals surface area contributed by atoms with E-state index >= 15 is 0 Å². The van der Waals surface area contributed by atoms with Gasteiger partial charge >= 0.3 is 112 Å². The molecule has 2 aromatic carbocycles. The van der Waals surface area contributed by atoms with E-state index < -0.39 is 19.8 Å². The Morgan fingerprint density at radius 3 is 2.18 bits per heavy atom. The van der Waals surface area contributed by atoms with Crippen molar-refractivity contribution in [3.63, 3.8) is 0 Å². The van der Waals surface area contributed by atoms with Gasteiger partial charge in [-0.05, 0) is 0 Å². The van der Waals surface area contributed by atoms with Crippen LogP contribution in [-0.2, 0) is 6.42 Å². The number of hydrogen-bond donors (Lipinski definition) is 0. The second-order valence-electron chi connectivity index (χ2n) is 4.31. The van der Waals surface area contributed by atoms with Gasteiger partial charge in [0, 0.05) is 0 Å². The van der Waals surface area contributed by atoms with Gasteiger partial charge in [0.05, 0.1) is 0 Å². The fourth-order valence-corrected chi connectivity index (χ4v) is 5.39. The normalized spacial score (nSPS) is 11.3. The van der Waals surface area contributed by atoms with Crippen molar-refractivity contribution in [3.8, 4) is 0 Å². The van der Waals surface area contributed by atoms with Gasteiger partial charge in [-0.3, -0.25) is 0 Å². The predicted molar refractivity (Wildman–Crippen MR) is 84.8 cm³/mol. The zero-order valence-electron chi connectivity index (χ0n) is 10.5. The second-order valence-corrected chi connectivity index (χ2v) is 10.0. The van der Waals surface area contributed by atoms with E-state index in [1.165, 1.54) is 22.0 Å². The number of aryl methyl sites for hydroxylation is 2. The van der Waals surface area contributed by atoms with Gasteiger partial charge in [-0.1, -0.05) is 0 Å². The zero-order chi connectivity index (χ0) is 12.1. The molecule has 0 radical (unpaired) electrons. The molecule has 0 atom stereocenters. The minimum absolute atomic E-state index is 0.928. The van der Waals surface area contributed by atoms with E-state index in [0.29, 0.717) is 0 Å². The van der Waals surface area contributed by atoms with Crippen molar-refractivity contribution < 1.29 is 0 Å². The molecule has 0 saturated carbocycles. The molecule has 0 aliphatic heterocycles. The van der Waals surface area contributed by atoms with Crippen LogP contribution in [-0.4, -0.2) is 9.36 Å². The van der Waals surface area contributed by atoms with Crippen LogP contribution in [0.25, 0.3) is 0 Å². The summed E-state index contributed by atoms with van der Waals surface area (Å²) in [5.74, 6) is 0. The van der Waals surface area contributed by atoms with Crippen LogP contribution in [0, 0.1) is 10.5 Å². The van der Waals surface area contributed by atoms with Gasteiger partial charge in [-0.15, -0.1) is 0 Å². The van der Waals surface area contributed by atoms with E-state index in [4.69, 9.17) is 0 Å². The zero-order valence-corrected chi connectivity index (χ0v) is 12.6. The van der Waals surface area contributed by atoms with E-state index in [1.54, 1.807) is 3.57 Å². The van der Waals surface area contributed by atoms with Crippen molar-refractivity contribution in [1.29, 1.82) is 0 Å². The summed E-state index contributed by atoms with van der Waals surface area (Å²) >= 11 is -0.928. The Labute approximate surface area is 111 Å². The fourth-order valence-electron chi connectivity index (χ4n) is 1.75. The number of hydrogen-bond acceptors (Lipinski definition) is 0. The monoisotopic (exact) mass is 338 g/mol. The van der Waals surface area contributed by atoms with Gasteiger partial charge in [-0.2, -0.15) is 0 Å². The van der Waals surface area contributed by atoms with E-state index in [1.807, 2.05) is 0 Å². The molecule has 0 unspecified atom stereocenters. The molecular weight excluding hydrogens is 319 g/mol. The summed E-state index contributed by atoms with van der Waals surface area (Å²) in [4.78, 5) is 2.47. The van der Waals surface area contributed by atoms with Crippen LogP contribution in [0.3, 0.4) is 0 Å². The summed E-state index contributed by atoms with van der Waals surface area (Å²) in [6.45, 7) is 2.15. The first kappa shape index (κ1) is 12.6. The Hall–Kier alpha value is -0.830. The first-order valence-corrected chi connectivity index (χ1v) is 10.7. The van der Waals surface area contributed by atoms with Crippen LogP contribution < -0.4 is 0 Å². The average Bonchev–Trinajstić information content (AvgIpc) is 2.38. The van der Waals surface area contributed by atoms with Crippen LogP contribution >= 0.6 is 19.8 Å². The molecule has 2 rings (SSSR count). The van der Waals surface area contributed by atoms with E-state index in [9.17, 15) is 0 Å². The molecule has 0 heterocycles. The van der Waals surface area contributed by atoms with Crippen molar-refractivity contribution in [2.45, 2.75) is 13.3 Å². The van der Waals surface area contributed by atoms with E-state index in [2.05, 4.69) is 66.5 Å². The molecule has 0 bridgehead atoms. The molecule has 0 aliphatic carbocycles. The minimum atomic E-state index is -0.928. The van der Waals surface area contributed by atoms with Crippen molar-refractivity contribution in [2.75, 3.05) is 9.36 Å². The van der Waals surface area contributed by atoms with E-state index in [-0.39, 0.29) is 0 Å². The molecule has 0 nitrogen and oxygen atoms in total. The van der Waals surface area contributed by atoms with Crippen LogP contribution in [0.2, 0.25) is 0 Å². The Balaban J connectivity index is 1.93.